The number of nitrogens with one attached hydrogen (secondary N) is 2. The summed E-state index contributed by atoms with van der Waals surface area (Å²) in [4.78, 5) is 8.47. The second-order valence-corrected chi connectivity index (χ2v) is 8.26. The summed E-state index contributed by atoms with van der Waals surface area (Å²) < 4.78 is 27.6. The molecule has 0 atom stereocenters. The average molecular weight is 383 g/mol. The second-order valence-electron chi connectivity index (χ2n) is 6.49. The van der Waals surface area contributed by atoms with Gasteiger partial charge in [-0.1, -0.05) is 37.3 Å². The normalized spacial score (nSPS) is 16.8. The van der Waals surface area contributed by atoms with Gasteiger partial charge >= 0.3 is 0 Å². The summed E-state index contributed by atoms with van der Waals surface area (Å²) in [6.07, 6.45) is 4.64. The van der Waals surface area contributed by atoms with Crippen molar-refractivity contribution in [3.05, 3.63) is 42.7 Å². The van der Waals surface area contributed by atoms with Crippen LogP contribution >= 0.6 is 12.4 Å². The fourth-order valence-corrected chi connectivity index (χ4v) is 3.84. The van der Waals surface area contributed by atoms with Crippen molar-refractivity contribution in [2.24, 2.45) is 5.41 Å². The number of piperidine rings is 1. The van der Waals surface area contributed by atoms with Gasteiger partial charge in [-0.15, -0.1) is 12.4 Å². The summed E-state index contributed by atoms with van der Waals surface area (Å²) >= 11 is 0. The van der Waals surface area contributed by atoms with E-state index in [0.29, 0.717) is 12.4 Å². The molecule has 0 radical (unpaired) electrons. The number of rotatable bonds is 5. The van der Waals surface area contributed by atoms with Crippen LogP contribution in [0, 0.1) is 5.41 Å². The van der Waals surface area contributed by atoms with Gasteiger partial charge < -0.3 is 5.32 Å². The van der Waals surface area contributed by atoms with Gasteiger partial charge in [0.15, 0.2) is 5.82 Å². The largest absolute Gasteiger partial charge is 0.317 e. The van der Waals surface area contributed by atoms with Crippen molar-refractivity contribution in [1.82, 2.24) is 20.0 Å². The summed E-state index contributed by atoms with van der Waals surface area (Å²) in [6.45, 7) is 4.39. The molecule has 1 saturated heterocycles. The van der Waals surface area contributed by atoms with Crippen molar-refractivity contribution in [2.45, 2.75) is 24.7 Å². The van der Waals surface area contributed by atoms with E-state index in [1.54, 1.807) is 0 Å². The van der Waals surface area contributed by atoms with E-state index in [9.17, 15) is 8.42 Å². The van der Waals surface area contributed by atoms with Crippen LogP contribution in [0.1, 0.15) is 19.8 Å². The van der Waals surface area contributed by atoms with E-state index < -0.39 is 10.0 Å². The Balaban J connectivity index is 0.00000225. The monoisotopic (exact) mass is 382 g/mol. The Morgan fingerprint density at radius 2 is 1.72 bits per heavy atom. The van der Waals surface area contributed by atoms with Gasteiger partial charge in [-0.25, -0.2) is 23.1 Å². The van der Waals surface area contributed by atoms with Gasteiger partial charge in [0.25, 0.3) is 0 Å². The molecule has 3 rings (SSSR count). The molecule has 0 spiro atoms. The minimum absolute atomic E-state index is 0. The molecule has 1 aliphatic rings. The predicted octanol–water partition coefficient (Wildman–Crippen LogP) is 2.23. The third-order valence-electron chi connectivity index (χ3n) is 4.47. The molecule has 0 amide bonds. The van der Waals surface area contributed by atoms with Crippen molar-refractivity contribution in [3.8, 4) is 11.4 Å². The Bertz CT molecular complexity index is 776. The number of aromatic nitrogens is 2. The lowest BCUT2D eigenvalue weighted by atomic mass is 9.81. The quantitative estimate of drug-likeness (QED) is 0.828. The standard InChI is InChI=1S/C17H22N4O2S.ClH/c1-17(7-9-18-10-8-17)13-21-24(22,23)15-11-19-16(20-12-15)14-5-3-2-4-6-14;/h2-6,11-12,18,21H,7-10,13H2,1H3;1H. The van der Waals surface area contributed by atoms with Crippen LogP contribution in [0.5, 0.6) is 0 Å². The van der Waals surface area contributed by atoms with Crippen molar-refractivity contribution in [3.63, 3.8) is 0 Å². The molecule has 1 aliphatic heterocycles. The maximum Gasteiger partial charge on any atom is 0.243 e. The van der Waals surface area contributed by atoms with E-state index in [4.69, 9.17) is 0 Å². The van der Waals surface area contributed by atoms with Gasteiger partial charge in [-0.2, -0.15) is 0 Å². The Morgan fingerprint density at radius 1 is 1.12 bits per heavy atom. The van der Waals surface area contributed by atoms with Gasteiger partial charge in [0.05, 0.1) is 12.4 Å². The van der Waals surface area contributed by atoms with E-state index in [-0.39, 0.29) is 22.7 Å². The van der Waals surface area contributed by atoms with Crippen LogP contribution in [-0.2, 0) is 10.0 Å². The molecule has 2 heterocycles. The highest BCUT2D eigenvalue weighted by molar-refractivity contribution is 7.89. The van der Waals surface area contributed by atoms with Crippen LogP contribution in [0.2, 0.25) is 0 Å². The zero-order valence-electron chi connectivity index (χ0n) is 14.1. The molecule has 8 heteroatoms. The first-order chi connectivity index (χ1) is 11.5. The highest BCUT2D eigenvalue weighted by Crippen LogP contribution is 2.27. The number of hydrogen-bond acceptors (Lipinski definition) is 5. The topological polar surface area (TPSA) is 84.0 Å². The van der Waals surface area contributed by atoms with Crippen molar-refractivity contribution < 1.29 is 8.42 Å². The third-order valence-corrected chi connectivity index (χ3v) is 5.83. The molecule has 0 saturated carbocycles. The number of nitrogens with zero attached hydrogens (tertiary/aromatic N) is 2. The van der Waals surface area contributed by atoms with Gasteiger partial charge in [0, 0.05) is 12.1 Å². The molecule has 25 heavy (non-hydrogen) atoms. The Morgan fingerprint density at radius 3 is 2.32 bits per heavy atom. The molecule has 1 fully saturated rings. The second kappa shape index (κ2) is 8.23. The molecular formula is C17H23ClN4O2S. The molecule has 0 unspecified atom stereocenters. The fourth-order valence-electron chi connectivity index (χ4n) is 2.75. The highest BCUT2D eigenvalue weighted by Gasteiger charge is 2.28. The maximum atomic E-state index is 12.5. The van der Waals surface area contributed by atoms with E-state index in [0.717, 1.165) is 31.5 Å². The molecule has 2 aromatic rings. The van der Waals surface area contributed by atoms with Crippen LogP contribution in [0.3, 0.4) is 0 Å². The first-order valence-electron chi connectivity index (χ1n) is 8.06. The van der Waals surface area contributed by atoms with Gasteiger partial charge in [-0.3, -0.25) is 0 Å². The molecule has 6 nitrogen and oxygen atoms in total. The van der Waals surface area contributed by atoms with Gasteiger partial charge in [0.2, 0.25) is 10.0 Å². The van der Waals surface area contributed by atoms with Crippen LogP contribution in [-0.4, -0.2) is 38.0 Å². The highest BCUT2D eigenvalue weighted by atomic mass is 35.5. The SMILES string of the molecule is CC1(CNS(=O)(=O)c2cnc(-c3ccccc3)nc2)CCNCC1.Cl. The van der Waals surface area contributed by atoms with Gasteiger partial charge in [-0.05, 0) is 31.3 Å². The number of benzene rings is 1. The van der Waals surface area contributed by atoms with Crippen LogP contribution < -0.4 is 10.0 Å². The minimum Gasteiger partial charge on any atom is -0.317 e. The van der Waals surface area contributed by atoms with Crippen LogP contribution in [0.25, 0.3) is 11.4 Å². The number of hydrogen-bond donors (Lipinski definition) is 2. The lowest BCUT2D eigenvalue weighted by Gasteiger charge is -2.34. The van der Waals surface area contributed by atoms with Crippen molar-refractivity contribution in [1.29, 1.82) is 0 Å². The molecule has 0 bridgehead atoms. The van der Waals surface area contributed by atoms with E-state index in [2.05, 4.69) is 26.9 Å². The Hall–Kier alpha value is -1.54. The molecular weight excluding hydrogens is 360 g/mol. The zero-order valence-corrected chi connectivity index (χ0v) is 15.7. The molecule has 1 aromatic carbocycles. The molecule has 136 valence electrons. The first kappa shape index (κ1) is 19.8. The first-order valence-corrected chi connectivity index (χ1v) is 9.55. The smallest absolute Gasteiger partial charge is 0.243 e. The van der Waals surface area contributed by atoms with Crippen LogP contribution in [0.4, 0.5) is 0 Å². The predicted molar refractivity (Wildman–Crippen MR) is 100 cm³/mol. The molecule has 2 N–H and O–H groups in total. The lowest BCUT2D eigenvalue weighted by molar-refractivity contribution is 0.232. The van der Waals surface area contributed by atoms with Crippen molar-refractivity contribution >= 4 is 22.4 Å². The third kappa shape index (κ3) is 4.98. The maximum absolute atomic E-state index is 12.5. The van der Waals surface area contributed by atoms with E-state index >= 15 is 0 Å². The average Bonchev–Trinajstić information content (AvgIpc) is 2.62. The fraction of sp³-hybridized carbons (Fsp3) is 0.412. The summed E-state index contributed by atoms with van der Waals surface area (Å²) in [5.74, 6) is 0.514. The summed E-state index contributed by atoms with van der Waals surface area (Å²) in [5, 5.41) is 3.29. The Kier molecular flexibility index (Phi) is 6.51. The van der Waals surface area contributed by atoms with E-state index in [1.165, 1.54) is 12.4 Å². The Labute approximate surface area is 154 Å². The number of halogens is 1. The zero-order chi connectivity index (χ0) is 17.0. The molecule has 1 aromatic heterocycles. The van der Waals surface area contributed by atoms with E-state index in [1.807, 2.05) is 30.3 Å². The van der Waals surface area contributed by atoms with Gasteiger partial charge in [0.1, 0.15) is 4.90 Å². The molecule has 0 aliphatic carbocycles. The summed E-state index contributed by atoms with van der Waals surface area (Å²) in [7, 11) is -3.59. The van der Waals surface area contributed by atoms with Crippen LogP contribution in [0.15, 0.2) is 47.6 Å². The number of sulfonamides is 1. The summed E-state index contributed by atoms with van der Waals surface area (Å²) in [6, 6.07) is 9.47. The van der Waals surface area contributed by atoms with Crippen molar-refractivity contribution in [2.75, 3.05) is 19.6 Å². The minimum atomic E-state index is -3.59. The summed E-state index contributed by atoms with van der Waals surface area (Å²) in [5.41, 5.74) is 0.847. The lowest BCUT2D eigenvalue weighted by Crippen LogP contribution is -2.42.